The van der Waals surface area contributed by atoms with E-state index in [2.05, 4.69) is 62.3 Å². The number of hydrogen-bond donors (Lipinski definition) is 1. The highest BCUT2D eigenvalue weighted by molar-refractivity contribution is 5.29. The number of likely N-dealkylation sites (N-methyl/N-ethyl adjacent to an activating group) is 1. The topological polar surface area (TPSA) is 15.3 Å². The predicted octanol–water partition coefficient (Wildman–Crippen LogP) is 3.23. The van der Waals surface area contributed by atoms with Gasteiger partial charge in [0.25, 0.3) is 0 Å². The van der Waals surface area contributed by atoms with Crippen molar-refractivity contribution in [1.82, 2.24) is 10.2 Å². The largest absolute Gasteiger partial charge is 0.312 e. The molecular weight excluding hydrogens is 232 g/mol. The molecule has 1 heterocycles. The van der Waals surface area contributed by atoms with Crippen LogP contribution in [0.4, 0.5) is 0 Å². The van der Waals surface area contributed by atoms with E-state index in [1.165, 1.54) is 30.6 Å². The van der Waals surface area contributed by atoms with Crippen molar-refractivity contribution < 1.29 is 0 Å². The molecule has 2 heteroatoms. The average Bonchev–Trinajstić information content (AvgIpc) is 2.86. The quantitative estimate of drug-likeness (QED) is 0.874. The van der Waals surface area contributed by atoms with Crippen LogP contribution in [0.1, 0.15) is 37.4 Å². The molecule has 0 spiro atoms. The van der Waals surface area contributed by atoms with Gasteiger partial charge >= 0.3 is 0 Å². The van der Waals surface area contributed by atoms with Crippen LogP contribution in [-0.4, -0.2) is 31.6 Å². The number of rotatable bonds is 5. The Morgan fingerprint density at radius 1 is 1.32 bits per heavy atom. The summed E-state index contributed by atoms with van der Waals surface area (Å²) in [5, 5.41) is 3.49. The maximum atomic E-state index is 3.49. The number of benzene rings is 1. The monoisotopic (exact) mass is 260 g/mol. The molecule has 2 unspecified atom stereocenters. The predicted molar refractivity (Wildman–Crippen MR) is 82.4 cm³/mol. The van der Waals surface area contributed by atoms with Gasteiger partial charge in [-0.25, -0.2) is 0 Å². The van der Waals surface area contributed by atoms with E-state index in [4.69, 9.17) is 0 Å². The fraction of sp³-hybridized carbons (Fsp3) is 0.647. The smallest absolute Gasteiger partial charge is 0.0449 e. The number of hydrogen-bond acceptors (Lipinski definition) is 2. The fourth-order valence-electron chi connectivity index (χ4n) is 3.15. The van der Waals surface area contributed by atoms with Crippen molar-refractivity contribution in [2.24, 2.45) is 11.8 Å². The van der Waals surface area contributed by atoms with Crippen LogP contribution in [0.25, 0.3) is 0 Å². The summed E-state index contributed by atoms with van der Waals surface area (Å²) in [4.78, 5) is 2.62. The zero-order chi connectivity index (χ0) is 13.8. The maximum Gasteiger partial charge on any atom is 0.0449 e. The summed E-state index contributed by atoms with van der Waals surface area (Å²) in [5.74, 6) is 1.70. The molecule has 1 aromatic rings. The van der Waals surface area contributed by atoms with Gasteiger partial charge in [-0.15, -0.1) is 0 Å². The van der Waals surface area contributed by atoms with Crippen molar-refractivity contribution in [3.63, 3.8) is 0 Å². The average molecular weight is 260 g/mol. The lowest BCUT2D eigenvalue weighted by atomic mass is 9.95. The van der Waals surface area contributed by atoms with Gasteiger partial charge in [0.05, 0.1) is 0 Å². The van der Waals surface area contributed by atoms with Crippen molar-refractivity contribution in [2.75, 3.05) is 26.7 Å². The van der Waals surface area contributed by atoms with Gasteiger partial charge in [0.1, 0.15) is 0 Å². The van der Waals surface area contributed by atoms with E-state index < -0.39 is 0 Å². The van der Waals surface area contributed by atoms with Gasteiger partial charge in [-0.3, -0.25) is 0 Å². The molecule has 19 heavy (non-hydrogen) atoms. The normalized spacial score (nSPS) is 22.1. The molecule has 1 saturated heterocycles. The standard InChI is InChI=1S/C17H28N2/c1-13(2)15-9-10-19(11-15)12-17(18-4)16-8-6-5-7-14(16)3/h5-8,13,15,17-18H,9-12H2,1-4H3. The van der Waals surface area contributed by atoms with Crippen molar-refractivity contribution in [2.45, 2.75) is 33.2 Å². The summed E-state index contributed by atoms with van der Waals surface area (Å²) in [6.07, 6.45) is 1.36. The van der Waals surface area contributed by atoms with E-state index in [0.717, 1.165) is 18.4 Å². The van der Waals surface area contributed by atoms with Gasteiger partial charge in [0.2, 0.25) is 0 Å². The van der Waals surface area contributed by atoms with Crippen LogP contribution >= 0.6 is 0 Å². The van der Waals surface area contributed by atoms with E-state index in [1.54, 1.807) is 0 Å². The van der Waals surface area contributed by atoms with Crippen LogP contribution in [-0.2, 0) is 0 Å². The third kappa shape index (κ3) is 3.58. The molecule has 106 valence electrons. The van der Waals surface area contributed by atoms with Crippen LogP contribution in [0.5, 0.6) is 0 Å². The SMILES string of the molecule is CNC(CN1CCC(C(C)C)C1)c1ccccc1C. The highest BCUT2D eigenvalue weighted by Crippen LogP contribution is 2.26. The van der Waals surface area contributed by atoms with Crippen LogP contribution in [0.3, 0.4) is 0 Å². The molecule has 0 amide bonds. The minimum absolute atomic E-state index is 0.451. The van der Waals surface area contributed by atoms with Gasteiger partial charge < -0.3 is 10.2 Å². The number of aryl methyl sites for hydroxylation is 1. The van der Waals surface area contributed by atoms with E-state index in [0.29, 0.717) is 6.04 Å². The lowest BCUT2D eigenvalue weighted by Crippen LogP contribution is -2.33. The van der Waals surface area contributed by atoms with Crippen LogP contribution in [0, 0.1) is 18.8 Å². The van der Waals surface area contributed by atoms with E-state index in [1.807, 2.05) is 0 Å². The molecule has 1 aliphatic heterocycles. The Bertz CT molecular complexity index is 400. The van der Waals surface area contributed by atoms with Crippen LogP contribution in [0.15, 0.2) is 24.3 Å². The molecule has 2 atom stereocenters. The lowest BCUT2D eigenvalue weighted by molar-refractivity contribution is 0.275. The first-order valence-electron chi connectivity index (χ1n) is 7.57. The van der Waals surface area contributed by atoms with Crippen molar-refractivity contribution in [1.29, 1.82) is 0 Å². The summed E-state index contributed by atoms with van der Waals surface area (Å²) in [5.41, 5.74) is 2.83. The Labute approximate surface area is 118 Å². The fourth-order valence-corrected chi connectivity index (χ4v) is 3.15. The van der Waals surface area contributed by atoms with E-state index in [9.17, 15) is 0 Å². The molecule has 0 radical (unpaired) electrons. The van der Waals surface area contributed by atoms with Gasteiger partial charge in [0, 0.05) is 19.1 Å². The second kappa shape index (κ2) is 6.53. The van der Waals surface area contributed by atoms with Crippen LogP contribution in [0.2, 0.25) is 0 Å². The zero-order valence-electron chi connectivity index (χ0n) is 12.8. The molecule has 1 aliphatic rings. The Hall–Kier alpha value is -0.860. The Morgan fingerprint density at radius 3 is 2.63 bits per heavy atom. The molecule has 1 fully saturated rings. The minimum atomic E-state index is 0.451. The van der Waals surface area contributed by atoms with Crippen molar-refractivity contribution >= 4 is 0 Å². The lowest BCUT2D eigenvalue weighted by Gasteiger charge is -2.25. The number of likely N-dealkylation sites (tertiary alicyclic amines) is 1. The van der Waals surface area contributed by atoms with E-state index in [-0.39, 0.29) is 0 Å². The third-order valence-corrected chi connectivity index (χ3v) is 4.60. The summed E-state index contributed by atoms with van der Waals surface area (Å²) >= 11 is 0. The molecular formula is C17H28N2. The molecule has 2 rings (SSSR count). The Morgan fingerprint density at radius 2 is 2.05 bits per heavy atom. The van der Waals surface area contributed by atoms with Crippen molar-refractivity contribution in [3.05, 3.63) is 35.4 Å². The highest BCUT2D eigenvalue weighted by Gasteiger charge is 2.26. The molecule has 1 aromatic carbocycles. The first-order chi connectivity index (χ1) is 9.11. The highest BCUT2D eigenvalue weighted by atomic mass is 15.2. The van der Waals surface area contributed by atoms with Crippen molar-refractivity contribution in [3.8, 4) is 0 Å². The molecule has 0 saturated carbocycles. The Balaban J connectivity index is 1.99. The second-order valence-corrected chi connectivity index (χ2v) is 6.25. The van der Waals surface area contributed by atoms with E-state index >= 15 is 0 Å². The summed E-state index contributed by atoms with van der Waals surface area (Å²) < 4.78 is 0. The summed E-state index contributed by atoms with van der Waals surface area (Å²) in [7, 11) is 2.08. The number of nitrogens with zero attached hydrogens (tertiary/aromatic N) is 1. The molecule has 0 aromatic heterocycles. The maximum absolute atomic E-state index is 3.49. The van der Waals surface area contributed by atoms with Gasteiger partial charge in [-0.1, -0.05) is 38.1 Å². The van der Waals surface area contributed by atoms with Crippen LogP contribution < -0.4 is 5.32 Å². The molecule has 1 N–H and O–H groups in total. The second-order valence-electron chi connectivity index (χ2n) is 6.25. The van der Waals surface area contributed by atoms with Gasteiger partial charge in [0.15, 0.2) is 0 Å². The third-order valence-electron chi connectivity index (χ3n) is 4.60. The molecule has 0 bridgehead atoms. The zero-order valence-corrected chi connectivity index (χ0v) is 12.8. The summed E-state index contributed by atoms with van der Waals surface area (Å²) in [6, 6.07) is 9.18. The Kier molecular flexibility index (Phi) is 5.00. The first-order valence-corrected chi connectivity index (χ1v) is 7.57. The first kappa shape index (κ1) is 14.5. The molecule has 0 aliphatic carbocycles. The molecule has 2 nitrogen and oxygen atoms in total. The minimum Gasteiger partial charge on any atom is -0.312 e. The van der Waals surface area contributed by atoms with Gasteiger partial charge in [-0.05, 0) is 49.9 Å². The number of nitrogens with one attached hydrogen (secondary N) is 1. The van der Waals surface area contributed by atoms with Gasteiger partial charge in [-0.2, -0.15) is 0 Å². The summed E-state index contributed by atoms with van der Waals surface area (Å²) in [6.45, 7) is 10.6.